The average molecular weight is 491 g/mol. The third-order valence-electron chi connectivity index (χ3n) is 3.77. The number of carbonyl (C=O) groups excluding carboxylic acids is 2. The zero-order valence-corrected chi connectivity index (χ0v) is 20.9. The summed E-state index contributed by atoms with van der Waals surface area (Å²) in [5, 5.41) is 0.269. The first-order valence-electron chi connectivity index (χ1n) is 10.1. The number of carbonyl (C=O) groups is 2. The molecule has 0 radical (unpaired) electrons. The maximum absolute atomic E-state index is 11.9. The van der Waals surface area contributed by atoms with Crippen LogP contribution in [0, 0.1) is 10.8 Å². The summed E-state index contributed by atoms with van der Waals surface area (Å²) in [4.78, 5) is 43.5. The van der Waals surface area contributed by atoms with E-state index in [9.17, 15) is 9.59 Å². The molecule has 10 heteroatoms. The fourth-order valence-corrected chi connectivity index (χ4v) is 1.98. The minimum Gasteiger partial charge on any atom is -0.465 e. The average Bonchev–Trinajstić information content (AvgIpc) is 2.73. The second-order valence-corrected chi connectivity index (χ2v) is 9.40. The molecule has 0 aliphatic carbocycles. The van der Waals surface area contributed by atoms with E-state index in [-0.39, 0.29) is 61.3 Å². The van der Waals surface area contributed by atoms with Crippen molar-refractivity contribution in [3.63, 3.8) is 0 Å². The molecule has 0 bridgehead atoms. The second kappa shape index (κ2) is 15.8. The summed E-state index contributed by atoms with van der Waals surface area (Å²) in [6.45, 7) is 15.1. The summed E-state index contributed by atoms with van der Waals surface area (Å²) in [5.41, 5.74) is -0.900. The van der Waals surface area contributed by atoms with Crippen molar-refractivity contribution in [1.82, 2.24) is 0 Å². The molecule has 0 aromatic rings. The topological polar surface area (TPSA) is 89.5 Å². The fourth-order valence-electron chi connectivity index (χ4n) is 1.88. The Hall–Kier alpha value is -1.88. The SMILES string of the molecule is C=CC(=S)OOCC(C)(C)COC(=O)CCCCC(=O)OCC(C)(C)COOC(=S)C=C. The van der Waals surface area contributed by atoms with Crippen molar-refractivity contribution >= 4 is 46.5 Å². The number of hydrogen-bond acceptors (Lipinski definition) is 10. The number of unbranched alkanes of at least 4 members (excludes halogenated alkanes) is 1. The van der Waals surface area contributed by atoms with Gasteiger partial charge in [0.2, 0.25) is 10.1 Å². The van der Waals surface area contributed by atoms with Crippen LogP contribution in [0.5, 0.6) is 0 Å². The van der Waals surface area contributed by atoms with Crippen LogP contribution in [0.25, 0.3) is 0 Å². The Labute approximate surface area is 201 Å². The summed E-state index contributed by atoms with van der Waals surface area (Å²) in [7, 11) is 0. The number of thiocarbonyl (C=S) groups is 2. The fraction of sp³-hybridized carbons (Fsp3) is 0.636. The van der Waals surface area contributed by atoms with E-state index in [1.165, 1.54) is 12.2 Å². The Morgan fingerprint density at radius 3 is 1.38 bits per heavy atom. The van der Waals surface area contributed by atoms with Crippen molar-refractivity contribution in [2.75, 3.05) is 26.4 Å². The Balaban J connectivity index is 3.94. The molecule has 0 saturated carbocycles. The summed E-state index contributed by atoms with van der Waals surface area (Å²) in [6.07, 6.45) is 4.15. The van der Waals surface area contributed by atoms with E-state index in [2.05, 4.69) is 13.2 Å². The second-order valence-electron chi connectivity index (χ2n) is 8.59. The molecule has 0 unspecified atom stereocenters. The molecule has 0 amide bonds. The quantitative estimate of drug-likeness (QED) is 0.0719. The van der Waals surface area contributed by atoms with E-state index in [1.807, 2.05) is 27.7 Å². The lowest BCUT2D eigenvalue weighted by molar-refractivity contribution is -0.241. The highest BCUT2D eigenvalue weighted by Gasteiger charge is 2.23. The predicted molar refractivity (Wildman–Crippen MR) is 128 cm³/mol. The van der Waals surface area contributed by atoms with Crippen molar-refractivity contribution < 1.29 is 38.6 Å². The largest absolute Gasteiger partial charge is 0.465 e. The zero-order chi connectivity index (χ0) is 24.6. The first-order chi connectivity index (χ1) is 14.9. The molecule has 32 heavy (non-hydrogen) atoms. The van der Waals surface area contributed by atoms with Gasteiger partial charge in [0.15, 0.2) is 0 Å². The van der Waals surface area contributed by atoms with Gasteiger partial charge in [-0.15, -0.1) is 0 Å². The highest BCUT2D eigenvalue weighted by atomic mass is 32.1. The van der Waals surface area contributed by atoms with Crippen molar-refractivity contribution in [3.8, 4) is 0 Å². The molecule has 0 aliphatic heterocycles. The van der Waals surface area contributed by atoms with E-state index in [0.717, 1.165) is 0 Å². The van der Waals surface area contributed by atoms with Gasteiger partial charge in [0.25, 0.3) is 0 Å². The van der Waals surface area contributed by atoms with Crippen molar-refractivity contribution in [2.45, 2.75) is 53.4 Å². The maximum atomic E-state index is 11.9. The van der Waals surface area contributed by atoms with Crippen LogP contribution in [0.2, 0.25) is 0 Å². The predicted octanol–water partition coefficient (Wildman–Crippen LogP) is 4.61. The zero-order valence-electron chi connectivity index (χ0n) is 19.3. The van der Waals surface area contributed by atoms with Crippen LogP contribution < -0.4 is 0 Å². The molecular formula is C22H34O8S2. The molecule has 0 saturated heterocycles. The highest BCUT2D eigenvalue weighted by molar-refractivity contribution is 7.80. The van der Waals surface area contributed by atoms with Gasteiger partial charge in [-0.25, -0.2) is 0 Å². The van der Waals surface area contributed by atoms with Gasteiger partial charge in [-0.3, -0.25) is 9.59 Å². The third-order valence-corrected chi connectivity index (χ3v) is 4.24. The lowest BCUT2D eigenvalue weighted by Crippen LogP contribution is -2.28. The van der Waals surface area contributed by atoms with Gasteiger partial charge >= 0.3 is 11.9 Å². The van der Waals surface area contributed by atoms with Crippen LogP contribution in [0.1, 0.15) is 53.4 Å². The highest BCUT2D eigenvalue weighted by Crippen LogP contribution is 2.18. The van der Waals surface area contributed by atoms with Crippen LogP contribution in [-0.2, 0) is 38.6 Å². The molecule has 0 aromatic heterocycles. The van der Waals surface area contributed by atoms with Crippen molar-refractivity contribution in [2.24, 2.45) is 10.8 Å². The minimum atomic E-state index is -0.450. The van der Waals surface area contributed by atoms with Crippen LogP contribution in [0.15, 0.2) is 25.3 Å². The molecule has 0 fully saturated rings. The molecule has 182 valence electrons. The number of ether oxygens (including phenoxy) is 2. The Bertz CT molecular complexity index is 602. The van der Waals surface area contributed by atoms with Gasteiger partial charge in [-0.05, 0) is 49.4 Å². The van der Waals surface area contributed by atoms with Crippen molar-refractivity contribution in [3.05, 3.63) is 25.3 Å². The molecule has 0 aliphatic rings. The van der Waals surface area contributed by atoms with Crippen LogP contribution in [0.3, 0.4) is 0 Å². The lowest BCUT2D eigenvalue weighted by Gasteiger charge is -2.23. The van der Waals surface area contributed by atoms with Gasteiger partial charge in [0, 0.05) is 23.7 Å². The normalized spacial score (nSPS) is 11.2. The van der Waals surface area contributed by atoms with E-state index >= 15 is 0 Å². The Morgan fingerprint density at radius 2 is 1.06 bits per heavy atom. The van der Waals surface area contributed by atoms with Crippen molar-refractivity contribution in [1.29, 1.82) is 0 Å². The van der Waals surface area contributed by atoms with Crippen LogP contribution in [0.4, 0.5) is 0 Å². The van der Waals surface area contributed by atoms with Gasteiger partial charge < -0.3 is 19.2 Å². The summed E-state index contributed by atoms with van der Waals surface area (Å²) in [5.74, 6) is -0.686. The number of esters is 2. The molecule has 0 rings (SSSR count). The first-order valence-corrected chi connectivity index (χ1v) is 11.0. The monoisotopic (exact) mass is 490 g/mol. The van der Waals surface area contributed by atoms with Crippen LogP contribution in [-0.4, -0.2) is 48.5 Å². The van der Waals surface area contributed by atoms with Crippen LogP contribution >= 0.6 is 24.4 Å². The minimum absolute atomic E-state index is 0.135. The maximum Gasteiger partial charge on any atom is 0.305 e. The number of rotatable bonds is 17. The molecular weight excluding hydrogens is 456 g/mol. The smallest absolute Gasteiger partial charge is 0.305 e. The molecule has 0 atom stereocenters. The molecule has 0 aromatic carbocycles. The Kier molecular flexibility index (Phi) is 14.9. The van der Waals surface area contributed by atoms with Gasteiger partial charge in [0.1, 0.15) is 13.2 Å². The van der Waals surface area contributed by atoms with Gasteiger partial charge in [0.05, 0.1) is 13.2 Å². The summed E-state index contributed by atoms with van der Waals surface area (Å²) < 4.78 is 10.5. The third kappa shape index (κ3) is 16.8. The van der Waals surface area contributed by atoms with Gasteiger partial charge in [-0.1, -0.05) is 40.9 Å². The molecule has 0 N–H and O–H groups in total. The number of hydrogen-bond donors (Lipinski definition) is 0. The first kappa shape index (κ1) is 30.1. The molecule has 8 nitrogen and oxygen atoms in total. The summed E-state index contributed by atoms with van der Waals surface area (Å²) in [6, 6.07) is 0. The Morgan fingerprint density at radius 1 is 0.719 bits per heavy atom. The van der Waals surface area contributed by atoms with E-state index in [1.54, 1.807) is 0 Å². The lowest BCUT2D eigenvalue weighted by atomic mass is 9.96. The van der Waals surface area contributed by atoms with E-state index in [4.69, 9.17) is 53.5 Å². The summed E-state index contributed by atoms with van der Waals surface area (Å²) >= 11 is 9.58. The van der Waals surface area contributed by atoms with Gasteiger partial charge in [-0.2, -0.15) is 9.78 Å². The molecule has 0 spiro atoms. The molecule has 0 heterocycles. The van der Waals surface area contributed by atoms with E-state index < -0.39 is 10.8 Å². The van der Waals surface area contributed by atoms with E-state index in [0.29, 0.717) is 12.8 Å². The standard InChI is InChI=1S/C22H34O8S2/c1-7-19(31)29-27-15-21(3,4)13-25-17(23)11-9-10-12-18(24)26-14-22(5,6)16-28-30-20(32)8-2/h7-8H,1-2,9-16H2,3-6H3.